The van der Waals surface area contributed by atoms with E-state index in [1.165, 1.54) is 6.07 Å². The third-order valence-corrected chi connectivity index (χ3v) is 4.93. The normalized spacial score (nSPS) is 29.3. The van der Waals surface area contributed by atoms with Crippen LogP contribution < -0.4 is 5.32 Å². The standard InChI is InChI=1S/C17H18F3NO3/c18-17(19,20)10-4-1-3-9(7-10)12-8-13(12)15(22)21-14-6-2-5-11(14)16(23)24/h1,3-4,7,11-14H,2,5-6,8H2,(H,21,22)(H,23,24)/t11-,12?,13?,14+/m1/s1. The Labute approximate surface area is 137 Å². The topological polar surface area (TPSA) is 66.4 Å². The second-order valence-corrected chi connectivity index (χ2v) is 6.56. The van der Waals surface area contributed by atoms with Gasteiger partial charge in [-0.2, -0.15) is 13.2 Å². The molecule has 2 fully saturated rings. The van der Waals surface area contributed by atoms with Crippen LogP contribution in [-0.2, 0) is 15.8 Å². The lowest BCUT2D eigenvalue weighted by Crippen LogP contribution is -2.41. The average Bonchev–Trinajstić information content (AvgIpc) is 3.19. The fourth-order valence-electron chi connectivity index (χ4n) is 3.52. The number of rotatable bonds is 4. The maximum atomic E-state index is 12.8. The highest BCUT2D eigenvalue weighted by molar-refractivity contribution is 5.84. The molecule has 0 bridgehead atoms. The molecule has 7 heteroatoms. The summed E-state index contributed by atoms with van der Waals surface area (Å²) in [6.45, 7) is 0. The molecular formula is C17H18F3NO3. The molecule has 2 saturated carbocycles. The van der Waals surface area contributed by atoms with Crippen LogP contribution in [0.3, 0.4) is 0 Å². The first-order chi connectivity index (χ1) is 11.3. The Morgan fingerprint density at radius 1 is 1.17 bits per heavy atom. The van der Waals surface area contributed by atoms with Gasteiger partial charge in [-0.3, -0.25) is 9.59 Å². The zero-order valence-electron chi connectivity index (χ0n) is 12.8. The number of carbonyl (C=O) groups is 2. The van der Waals surface area contributed by atoms with E-state index in [-0.39, 0.29) is 23.8 Å². The van der Waals surface area contributed by atoms with Crippen molar-refractivity contribution in [3.8, 4) is 0 Å². The van der Waals surface area contributed by atoms with Crippen LogP contribution in [0.15, 0.2) is 24.3 Å². The molecule has 2 aliphatic carbocycles. The Balaban J connectivity index is 1.63. The molecule has 1 aromatic rings. The molecule has 0 saturated heterocycles. The number of carbonyl (C=O) groups excluding carboxylic acids is 1. The minimum atomic E-state index is -4.40. The van der Waals surface area contributed by atoms with E-state index in [0.29, 0.717) is 24.8 Å². The van der Waals surface area contributed by atoms with E-state index in [1.54, 1.807) is 6.07 Å². The monoisotopic (exact) mass is 341 g/mol. The Morgan fingerprint density at radius 2 is 1.92 bits per heavy atom. The molecule has 0 aromatic heterocycles. The minimum Gasteiger partial charge on any atom is -0.481 e. The van der Waals surface area contributed by atoms with Crippen LogP contribution in [0.4, 0.5) is 13.2 Å². The van der Waals surface area contributed by atoms with E-state index in [4.69, 9.17) is 5.11 Å². The highest BCUT2D eigenvalue weighted by Crippen LogP contribution is 2.48. The smallest absolute Gasteiger partial charge is 0.416 e. The van der Waals surface area contributed by atoms with E-state index in [2.05, 4.69) is 5.32 Å². The largest absolute Gasteiger partial charge is 0.481 e. The fourth-order valence-corrected chi connectivity index (χ4v) is 3.52. The molecule has 2 unspecified atom stereocenters. The summed E-state index contributed by atoms with van der Waals surface area (Å²) in [5.41, 5.74) is -0.209. The van der Waals surface area contributed by atoms with Gasteiger partial charge < -0.3 is 10.4 Å². The van der Waals surface area contributed by atoms with Gasteiger partial charge in [0.1, 0.15) is 0 Å². The Hall–Kier alpha value is -2.05. The zero-order chi connectivity index (χ0) is 17.5. The lowest BCUT2D eigenvalue weighted by Gasteiger charge is -2.17. The predicted molar refractivity (Wildman–Crippen MR) is 79.2 cm³/mol. The highest BCUT2D eigenvalue weighted by atomic mass is 19.4. The maximum Gasteiger partial charge on any atom is 0.416 e. The van der Waals surface area contributed by atoms with E-state index in [9.17, 15) is 22.8 Å². The van der Waals surface area contributed by atoms with Crippen molar-refractivity contribution in [1.29, 1.82) is 0 Å². The molecule has 4 atom stereocenters. The minimum absolute atomic E-state index is 0.225. The van der Waals surface area contributed by atoms with Crippen LogP contribution in [0, 0.1) is 11.8 Å². The molecule has 130 valence electrons. The summed E-state index contributed by atoms with van der Waals surface area (Å²) >= 11 is 0. The van der Waals surface area contributed by atoms with Crippen molar-refractivity contribution in [2.24, 2.45) is 11.8 Å². The summed E-state index contributed by atoms with van der Waals surface area (Å²) in [5.74, 6) is -2.33. The van der Waals surface area contributed by atoms with Crippen LogP contribution in [0.1, 0.15) is 42.7 Å². The van der Waals surface area contributed by atoms with Crippen molar-refractivity contribution in [2.75, 3.05) is 0 Å². The van der Waals surface area contributed by atoms with Gasteiger partial charge in [0.15, 0.2) is 0 Å². The lowest BCUT2D eigenvalue weighted by molar-refractivity contribution is -0.142. The Bertz CT molecular complexity index is 659. The number of alkyl halides is 3. The molecule has 2 N–H and O–H groups in total. The average molecular weight is 341 g/mol. The molecular weight excluding hydrogens is 323 g/mol. The van der Waals surface area contributed by atoms with E-state index in [1.807, 2.05) is 0 Å². The number of carboxylic acids is 1. The van der Waals surface area contributed by atoms with Gasteiger partial charge in [-0.15, -0.1) is 0 Å². The lowest BCUT2D eigenvalue weighted by atomic mass is 10.0. The molecule has 0 aliphatic heterocycles. The summed E-state index contributed by atoms with van der Waals surface area (Å²) in [4.78, 5) is 23.4. The van der Waals surface area contributed by atoms with E-state index in [0.717, 1.165) is 18.6 Å². The predicted octanol–water partition coefficient (Wildman–Crippen LogP) is 3.18. The van der Waals surface area contributed by atoms with Gasteiger partial charge in [-0.25, -0.2) is 0 Å². The number of nitrogens with one attached hydrogen (secondary N) is 1. The summed E-state index contributed by atoms with van der Waals surface area (Å²) in [6.07, 6.45) is -1.98. The molecule has 1 aromatic carbocycles. The number of carboxylic acid groups (broad SMARTS) is 1. The number of amides is 1. The third kappa shape index (κ3) is 3.39. The number of benzene rings is 1. The second-order valence-electron chi connectivity index (χ2n) is 6.56. The summed E-state index contributed by atoms with van der Waals surface area (Å²) in [6, 6.07) is 4.67. The van der Waals surface area contributed by atoms with Crippen LogP contribution in [0.25, 0.3) is 0 Å². The number of hydrogen-bond acceptors (Lipinski definition) is 2. The van der Waals surface area contributed by atoms with Crippen molar-refractivity contribution >= 4 is 11.9 Å². The van der Waals surface area contributed by atoms with Crippen molar-refractivity contribution < 1.29 is 27.9 Å². The van der Waals surface area contributed by atoms with Crippen LogP contribution >= 0.6 is 0 Å². The van der Waals surface area contributed by atoms with Gasteiger partial charge >= 0.3 is 12.1 Å². The van der Waals surface area contributed by atoms with Gasteiger partial charge in [0, 0.05) is 12.0 Å². The first-order valence-corrected chi connectivity index (χ1v) is 7.97. The van der Waals surface area contributed by atoms with Gasteiger partial charge in [-0.05, 0) is 36.8 Å². The maximum absolute atomic E-state index is 12.8. The molecule has 4 nitrogen and oxygen atoms in total. The van der Waals surface area contributed by atoms with Crippen LogP contribution in [0.2, 0.25) is 0 Å². The molecule has 24 heavy (non-hydrogen) atoms. The number of halogens is 3. The van der Waals surface area contributed by atoms with E-state index >= 15 is 0 Å². The van der Waals surface area contributed by atoms with Crippen LogP contribution in [0.5, 0.6) is 0 Å². The Morgan fingerprint density at radius 3 is 2.58 bits per heavy atom. The molecule has 2 aliphatic rings. The summed E-state index contributed by atoms with van der Waals surface area (Å²) in [7, 11) is 0. The second kappa shape index (κ2) is 6.11. The Kier molecular flexibility index (Phi) is 4.27. The SMILES string of the molecule is O=C(N[C@H]1CCC[C@H]1C(=O)O)C1CC1c1cccc(C(F)(F)F)c1. The van der Waals surface area contributed by atoms with Crippen molar-refractivity contribution in [1.82, 2.24) is 5.32 Å². The van der Waals surface area contributed by atoms with Crippen molar-refractivity contribution in [3.05, 3.63) is 35.4 Å². The van der Waals surface area contributed by atoms with Gasteiger partial charge in [0.25, 0.3) is 0 Å². The van der Waals surface area contributed by atoms with Gasteiger partial charge in [0.2, 0.25) is 5.91 Å². The first-order valence-electron chi connectivity index (χ1n) is 7.97. The fraction of sp³-hybridized carbons (Fsp3) is 0.529. The van der Waals surface area contributed by atoms with Crippen molar-refractivity contribution in [2.45, 2.75) is 43.8 Å². The molecule has 0 radical (unpaired) electrons. The summed E-state index contributed by atoms with van der Waals surface area (Å²) < 4.78 is 38.3. The molecule has 0 heterocycles. The third-order valence-electron chi connectivity index (χ3n) is 4.93. The first kappa shape index (κ1) is 16.8. The quantitative estimate of drug-likeness (QED) is 0.884. The molecule has 1 amide bonds. The van der Waals surface area contributed by atoms with Crippen molar-refractivity contribution in [3.63, 3.8) is 0 Å². The highest BCUT2D eigenvalue weighted by Gasteiger charge is 2.46. The number of aliphatic carboxylic acids is 1. The van der Waals surface area contributed by atoms with E-state index < -0.39 is 23.6 Å². The molecule has 3 rings (SSSR count). The van der Waals surface area contributed by atoms with Gasteiger partial charge in [0.05, 0.1) is 11.5 Å². The zero-order valence-corrected chi connectivity index (χ0v) is 12.8. The summed E-state index contributed by atoms with van der Waals surface area (Å²) in [5, 5.41) is 11.9. The van der Waals surface area contributed by atoms with Crippen LogP contribution in [-0.4, -0.2) is 23.0 Å². The molecule has 0 spiro atoms. The number of hydrogen-bond donors (Lipinski definition) is 2. The van der Waals surface area contributed by atoms with Gasteiger partial charge in [-0.1, -0.05) is 24.6 Å².